The Balaban J connectivity index is 1.52. The number of nitrogens with zero attached hydrogens (tertiary/aromatic N) is 2. The normalized spacial score (nSPS) is 15.1. The van der Waals surface area contributed by atoms with Gasteiger partial charge < -0.3 is 4.98 Å². The number of fused-ring (bicyclic) bond motifs is 2. The van der Waals surface area contributed by atoms with Gasteiger partial charge in [-0.05, 0) is 30.5 Å². The van der Waals surface area contributed by atoms with E-state index in [1.165, 1.54) is 15.6 Å². The largest absolute Gasteiger partial charge is 0.361 e. The maximum absolute atomic E-state index is 12.5. The van der Waals surface area contributed by atoms with E-state index in [0.717, 1.165) is 21.5 Å². The molecular weight excluding hydrogens is 372 g/mol. The van der Waals surface area contributed by atoms with E-state index in [1.807, 2.05) is 18.3 Å². The molecule has 7 nitrogen and oxygen atoms in total. The van der Waals surface area contributed by atoms with Gasteiger partial charge in [-0.1, -0.05) is 6.07 Å². The van der Waals surface area contributed by atoms with Gasteiger partial charge in [0.05, 0.1) is 11.4 Å². The SMILES string of the molecule is CCS(=O)(=O)N1CCc2nc(NC(=O)c3ccc4cc[nH]c4c3)sc2C1. The fraction of sp³-hybridized carbons (Fsp3) is 0.294. The number of carbonyl (C=O) groups is 1. The van der Waals surface area contributed by atoms with E-state index >= 15 is 0 Å². The number of sulfonamides is 1. The number of hydrogen-bond acceptors (Lipinski definition) is 5. The summed E-state index contributed by atoms with van der Waals surface area (Å²) >= 11 is 1.34. The van der Waals surface area contributed by atoms with Gasteiger partial charge in [0.1, 0.15) is 0 Å². The molecule has 2 N–H and O–H groups in total. The molecule has 0 aliphatic carbocycles. The number of amides is 1. The smallest absolute Gasteiger partial charge is 0.257 e. The van der Waals surface area contributed by atoms with E-state index in [2.05, 4.69) is 15.3 Å². The van der Waals surface area contributed by atoms with E-state index in [0.29, 0.717) is 30.2 Å². The Hall–Kier alpha value is -2.23. The van der Waals surface area contributed by atoms with Crippen LogP contribution in [0.1, 0.15) is 27.9 Å². The van der Waals surface area contributed by atoms with Crippen LogP contribution in [0.15, 0.2) is 30.5 Å². The molecule has 0 saturated heterocycles. The third-order valence-electron chi connectivity index (χ3n) is 4.49. The summed E-state index contributed by atoms with van der Waals surface area (Å²) in [5.41, 5.74) is 2.31. The molecule has 0 atom stereocenters. The van der Waals surface area contributed by atoms with Crippen molar-refractivity contribution in [3.8, 4) is 0 Å². The van der Waals surface area contributed by atoms with E-state index in [4.69, 9.17) is 0 Å². The summed E-state index contributed by atoms with van der Waals surface area (Å²) in [7, 11) is -3.21. The van der Waals surface area contributed by atoms with Crippen LogP contribution in [-0.2, 0) is 23.0 Å². The fourth-order valence-electron chi connectivity index (χ4n) is 3.00. The van der Waals surface area contributed by atoms with Crippen molar-refractivity contribution in [1.82, 2.24) is 14.3 Å². The van der Waals surface area contributed by atoms with Gasteiger partial charge in [-0.3, -0.25) is 10.1 Å². The Morgan fingerprint density at radius 3 is 3.04 bits per heavy atom. The predicted octanol–water partition coefficient (Wildman–Crippen LogP) is 2.58. The van der Waals surface area contributed by atoms with Crippen molar-refractivity contribution in [2.24, 2.45) is 0 Å². The van der Waals surface area contributed by atoms with Crippen molar-refractivity contribution in [1.29, 1.82) is 0 Å². The van der Waals surface area contributed by atoms with Gasteiger partial charge in [0.15, 0.2) is 5.13 Å². The molecule has 3 heterocycles. The van der Waals surface area contributed by atoms with Gasteiger partial charge >= 0.3 is 0 Å². The van der Waals surface area contributed by atoms with E-state index in [9.17, 15) is 13.2 Å². The quantitative estimate of drug-likeness (QED) is 0.716. The minimum atomic E-state index is -3.21. The first-order valence-corrected chi connectivity index (χ1v) is 10.7. The van der Waals surface area contributed by atoms with Gasteiger partial charge in [-0.25, -0.2) is 13.4 Å². The first-order valence-electron chi connectivity index (χ1n) is 8.31. The van der Waals surface area contributed by atoms with Crippen LogP contribution in [0.5, 0.6) is 0 Å². The highest BCUT2D eigenvalue weighted by atomic mass is 32.2. The molecule has 3 aromatic rings. The molecule has 0 fully saturated rings. The number of thiazole rings is 1. The standard InChI is InChI=1S/C17H18N4O3S2/c1-2-26(23,24)21-8-6-13-15(10-21)25-17(19-13)20-16(22)12-4-3-11-5-7-18-14(11)9-12/h3-5,7,9,18H,2,6,8,10H2,1H3,(H,19,20,22). The molecule has 0 spiro atoms. The van der Waals surface area contributed by atoms with Gasteiger partial charge in [0.2, 0.25) is 10.0 Å². The summed E-state index contributed by atoms with van der Waals surface area (Å²) in [5.74, 6) is -0.142. The van der Waals surface area contributed by atoms with Crippen LogP contribution in [0.2, 0.25) is 0 Å². The Bertz CT molecular complexity index is 1080. The molecular formula is C17H18N4O3S2. The average Bonchev–Trinajstić information content (AvgIpc) is 3.26. The highest BCUT2D eigenvalue weighted by Crippen LogP contribution is 2.30. The van der Waals surface area contributed by atoms with Crippen molar-refractivity contribution < 1.29 is 13.2 Å². The third kappa shape index (κ3) is 3.13. The third-order valence-corrected chi connectivity index (χ3v) is 7.32. The Morgan fingerprint density at radius 2 is 2.23 bits per heavy atom. The Labute approximate surface area is 155 Å². The summed E-state index contributed by atoms with van der Waals surface area (Å²) in [6, 6.07) is 7.41. The first-order chi connectivity index (χ1) is 12.5. The summed E-state index contributed by atoms with van der Waals surface area (Å²) in [5, 5.41) is 4.37. The maximum atomic E-state index is 12.5. The van der Waals surface area contributed by atoms with E-state index in [1.54, 1.807) is 19.1 Å². The minimum Gasteiger partial charge on any atom is -0.361 e. The monoisotopic (exact) mass is 390 g/mol. The zero-order valence-electron chi connectivity index (χ0n) is 14.2. The molecule has 1 aromatic carbocycles. The van der Waals surface area contributed by atoms with E-state index in [-0.39, 0.29) is 11.7 Å². The van der Waals surface area contributed by atoms with Crippen LogP contribution in [-0.4, -0.2) is 40.9 Å². The van der Waals surface area contributed by atoms with Crippen molar-refractivity contribution in [3.63, 3.8) is 0 Å². The Morgan fingerprint density at radius 1 is 1.38 bits per heavy atom. The second-order valence-corrected chi connectivity index (χ2v) is 9.45. The highest BCUT2D eigenvalue weighted by Gasteiger charge is 2.28. The number of aromatic amines is 1. The zero-order chi connectivity index (χ0) is 18.3. The summed E-state index contributed by atoms with van der Waals surface area (Å²) in [4.78, 5) is 20.9. The molecule has 9 heteroatoms. The second-order valence-electron chi connectivity index (χ2n) is 6.11. The first kappa shape index (κ1) is 17.2. The topological polar surface area (TPSA) is 95.2 Å². The number of carbonyl (C=O) groups excluding carboxylic acids is 1. The number of rotatable bonds is 4. The van der Waals surface area contributed by atoms with Crippen LogP contribution < -0.4 is 5.32 Å². The number of hydrogen-bond donors (Lipinski definition) is 2. The van der Waals surface area contributed by atoms with Crippen LogP contribution in [0, 0.1) is 0 Å². The van der Waals surface area contributed by atoms with Gasteiger partial charge in [-0.2, -0.15) is 4.31 Å². The molecule has 0 radical (unpaired) electrons. The van der Waals surface area contributed by atoms with Crippen LogP contribution >= 0.6 is 11.3 Å². The number of H-pyrrole nitrogens is 1. The molecule has 4 rings (SSSR count). The number of nitrogens with one attached hydrogen (secondary N) is 2. The zero-order valence-corrected chi connectivity index (χ0v) is 15.8. The highest BCUT2D eigenvalue weighted by molar-refractivity contribution is 7.89. The number of benzene rings is 1. The van der Waals surface area contributed by atoms with Gasteiger partial charge in [0, 0.05) is 41.7 Å². The average molecular weight is 390 g/mol. The van der Waals surface area contributed by atoms with Gasteiger partial charge in [-0.15, -0.1) is 11.3 Å². The van der Waals surface area contributed by atoms with E-state index < -0.39 is 10.0 Å². The van der Waals surface area contributed by atoms with Crippen LogP contribution in [0.4, 0.5) is 5.13 Å². The van der Waals surface area contributed by atoms with Crippen molar-refractivity contribution >= 4 is 43.3 Å². The number of aromatic nitrogens is 2. The fourth-order valence-corrected chi connectivity index (χ4v) is 5.16. The lowest BCUT2D eigenvalue weighted by molar-refractivity contribution is 0.102. The molecule has 2 aromatic heterocycles. The van der Waals surface area contributed by atoms with Crippen LogP contribution in [0.3, 0.4) is 0 Å². The lowest BCUT2D eigenvalue weighted by Crippen LogP contribution is -2.36. The summed E-state index contributed by atoms with van der Waals surface area (Å²) < 4.78 is 25.6. The second kappa shape index (κ2) is 6.49. The molecule has 1 amide bonds. The molecule has 0 saturated carbocycles. The maximum Gasteiger partial charge on any atom is 0.257 e. The van der Waals surface area contributed by atoms with Crippen molar-refractivity contribution in [3.05, 3.63) is 46.6 Å². The lowest BCUT2D eigenvalue weighted by Gasteiger charge is -2.24. The molecule has 0 bridgehead atoms. The summed E-state index contributed by atoms with van der Waals surface area (Å²) in [6.07, 6.45) is 2.40. The van der Waals surface area contributed by atoms with Gasteiger partial charge in [0.25, 0.3) is 5.91 Å². The van der Waals surface area contributed by atoms with Crippen LogP contribution in [0.25, 0.3) is 10.9 Å². The van der Waals surface area contributed by atoms with Crippen molar-refractivity contribution in [2.45, 2.75) is 19.9 Å². The predicted molar refractivity (Wildman–Crippen MR) is 102 cm³/mol. The molecule has 136 valence electrons. The molecule has 1 aliphatic rings. The minimum absolute atomic E-state index is 0.0892. The van der Waals surface area contributed by atoms with Crippen molar-refractivity contribution in [2.75, 3.05) is 17.6 Å². The number of anilines is 1. The summed E-state index contributed by atoms with van der Waals surface area (Å²) in [6.45, 7) is 2.40. The lowest BCUT2D eigenvalue weighted by atomic mass is 10.1. The Kier molecular flexibility index (Phi) is 4.29. The molecule has 26 heavy (non-hydrogen) atoms. The molecule has 0 unspecified atom stereocenters. The molecule has 1 aliphatic heterocycles.